The van der Waals surface area contributed by atoms with Crippen molar-refractivity contribution >= 4 is 23.2 Å². The third-order valence-corrected chi connectivity index (χ3v) is 5.11. The summed E-state index contributed by atoms with van der Waals surface area (Å²) in [5, 5.41) is 1.01. The Morgan fingerprint density at radius 3 is 2.59 bits per heavy atom. The molecule has 0 unspecified atom stereocenters. The minimum Gasteiger partial charge on any atom is -0.431 e. The van der Waals surface area contributed by atoms with Gasteiger partial charge in [0.15, 0.2) is 0 Å². The first-order chi connectivity index (χ1) is 13.9. The molecule has 0 aliphatic carbocycles. The first-order valence-corrected chi connectivity index (χ1v) is 9.87. The van der Waals surface area contributed by atoms with Crippen LogP contribution in [0.3, 0.4) is 0 Å². The number of likely N-dealkylation sites (tertiary alicyclic amines) is 1. The van der Waals surface area contributed by atoms with Crippen LogP contribution in [0.15, 0.2) is 30.5 Å². The number of para-hydroxylation sites is 1. The van der Waals surface area contributed by atoms with E-state index in [1.54, 1.807) is 6.20 Å². The van der Waals surface area contributed by atoms with Crippen molar-refractivity contribution in [3.05, 3.63) is 36.0 Å². The molecule has 1 fully saturated rings. The zero-order valence-corrected chi connectivity index (χ0v) is 17.3. The van der Waals surface area contributed by atoms with E-state index in [0.29, 0.717) is 0 Å². The molecule has 1 aliphatic rings. The van der Waals surface area contributed by atoms with Crippen molar-refractivity contribution in [1.29, 1.82) is 0 Å². The summed E-state index contributed by atoms with van der Waals surface area (Å²) in [4.78, 5) is 28.6. The molecule has 0 saturated carbocycles. The minimum absolute atomic E-state index is 0.151. The monoisotopic (exact) mass is 403 g/mol. The van der Waals surface area contributed by atoms with E-state index in [-0.39, 0.29) is 6.10 Å². The SMILES string of the molecule is CN(C)CCc1cn(C(=O)OCOC(=O)OC2CCN(C)CC2)c2ccccc12. The van der Waals surface area contributed by atoms with Crippen LogP contribution in [0.1, 0.15) is 18.4 Å². The number of ether oxygens (including phenoxy) is 3. The van der Waals surface area contributed by atoms with Crippen LogP contribution in [-0.2, 0) is 20.6 Å². The zero-order valence-electron chi connectivity index (χ0n) is 17.3. The lowest BCUT2D eigenvalue weighted by atomic mass is 10.1. The highest BCUT2D eigenvalue weighted by atomic mass is 16.8. The average Bonchev–Trinajstić information content (AvgIpc) is 3.07. The number of likely N-dealkylation sites (N-methyl/N-ethyl adjacent to an activating group) is 1. The van der Waals surface area contributed by atoms with Gasteiger partial charge in [0.05, 0.1) is 5.52 Å². The van der Waals surface area contributed by atoms with Crippen LogP contribution < -0.4 is 0 Å². The molecule has 3 rings (SSSR count). The van der Waals surface area contributed by atoms with Crippen molar-refractivity contribution < 1.29 is 23.8 Å². The van der Waals surface area contributed by atoms with Crippen LogP contribution in [0.25, 0.3) is 10.9 Å². The fourth-order valence-corrected chi connectivity index (χ4v) is 3.41. The number of hydrogen-bond donors (Lipinski definition) is 0. The van der Waals surface area contributed by atoms with Crippen molar-refractivity contribution in [2.45, 2.75) is 25.4 Å². The molecule has 0 bridgehead atoms. The molecule has 0 radical (unpaired) electrons. The van der Waals surface area contributed by atoms with E-state index in [9.17, 15) is 9.59 Å². The molecule has 1 saturated heterocycles. The molecule has 0 spiro atoms. The Labute approximate surface area is 170 Å². The second-order valence-corrected chi connectivity index (χ2v) is 7.64. The van der Waals surface area contributed by atoms with Gasteiger partial charge in [0, 0.05) is 31.2 Å². The van der Waals surface area contributed by atoms with Crippen LogP contribution >= 0.6 is 0 Å². The van der Waals surface area contributed by atoms with Gasteiger partial charge in [-0.1, -0.05) is 18.2 Å². The number of benzene rings is 1. The highest BCUT2D eigenvalue weighted by Crippen LogP contribution is 2.22. The largest absolute Gasteiger partial charge is 0.511 e. The molecule has 158 valence electrons. The van der Waals surface area contributed by atoms with Crippen molar-refractivity contribution in [3.63, 3.8) is 0 Å². The molecule has 2 aromatic rings. The van der Waals surface area contributed by atoms with Crippen LogP contribution in [0.2, 0.25) is 0 Å². The third-order valence-electron chi connectivity index (χ3n) is 5.11. The molecule has 1 aromatic carbocycles. The molecule has 8 nitrogen and oxygen atoms in total. The number of carbonyl (C=O) groups is 2. The van der Waals surface area contributed by atoms with E-state index >= 15 is 0 Å². The fourth-order valence-electron chi connectivity index (χ4n) is 3.41. The summed E-state index contributed by atoms with van der Waals surface area (Å²) in [6, 6.07) is 7.67. The van der Waals surface area contributed by atoms with Crippen molar-refractivity contribution in [1.82, 2.24) is 14.4 Å². The van der Waals surface area contributed by atoms with E-state index < -0.39 is 19.0 Å². The first-order valence-electron chi connectivity index (χ1n) is 9.87. The number of hydrogen-bond acceptors (Lipinski definition) is 7. The predicted octanol–water partition coefficient (Wildman–Crippen LogP) is 2.94. The average molecular weight is 403 g/mol. The topological polar surface area (TPSA) is 73.2 Å². The van der Waals surface area contributed by atoms with Crippen LogP contribution in [0, 0.1) is 0 Å². The molecular weight excluding hydrogens is 374 g/mol. The number of aromatic nitrogens is 1. The summed E-state index contributed by atoms with van der Waals surface area (Å²) in [6.07, 6.45) is 2.59. The van der Waals surface area contributed by atoms with Gasteiger partial charge in [-0.05, 0) is 52.0 Å². The van der Waals surface area contributed by atoms with Gasteiger partial charge in [-0.15, -0.1) is 0 Å². The molecule has 29 heavy (non-hydrogen) atoms. The van der Waals surface area contributed by atoms with Gasteiger partial charge in [-0.25, -0.2) is 9.59 Å². The van der Waals surface area contributed by atoms with Crippen molar-refractivity contribution in [2.24, 2.45) is 0 Å². The van der Waals surface area contributed by atoms with Gasteiger partial charge in [-0.3, -0.25) is 4.57 Å². The van der Waals surface area contributed by atoms with Crippen LogP contribution in [0.5, 0.6) is 0 Å². The molecule has 2 heterocycles. The predicted molar refractivity (Wildman–Crippen MR) is 109 cm³/mol. The molecule has 0 N–H and O–H groups in total. The summed E-state index contributed by atoms with van der Waals surface area (Å²) in [5.41, 5.74) is 1.83. The standard InChI is InChI=1S/C21H29N3O5/c1-22(2)11-8-16-14-24(19-7-5-4-6-18(16)19)20(25)27-15-28-21(26)29-17-9-12-23(3)13-10-17/h4-7,14,17H,8-13,15H2,1-3H3. The van der Waals surface area contributed by atoms with E-state index in [4.69, 9.17) is 14.2 Å². The Hall–Kier alpha value is -2.58. The lowest BCUT2D eigenvalue weighted by molar-refractivity contribution is -0.0386. The zero-order chi connectivity index (χ0) is 20.8. The summed E-state index contributed by atoms with van der Waals surface area (Å²) < 4.78 is 16.8. The maximum Gasteiger partial charge on any atom is 0.511 e. The number of rotatable bonds is 6. The van der Waals surface area contributed by atoms with Crippen LogP contribution in [-0.4, -0.2) is 80.3 Å². The molecular formula is C21H29N3O5. The fraction of sp³-hybridized carbons (Fsp3) is 0.524. The van der Waals surface area contributed by atoms with Gasteiger partial charge >= 0.3 is 12.2 Å². The second-order valence-electron chi connectivity index (χ2n) is 7.64. The van der Waals surface area contributed by atoms with Crippen molar-refractivity contribution in [2.75, 3.05) is 47.6 Å². The van der Waals surface area contributed by atoms with Crippen LogP contribution in [0.4, 0.5) is 9.59 Å². The van der Waals surface area contributed by atoms with Gasteiger partial charge in [-0.2, -0.15) is 0 Å². The van der Waals surface area contributed by atoms with Gasteiger partial charge in [0.1, 0.15) is 6.10 Å². The molecule has 8 heteroatoms. The Bertz CT molecular complexity index is 840. The van der Waals surface area contributed by atoms with Crippen molar-refractivity contribution in [3.8, 4) is 0 Å². The second kappa shape index (κ2) is 9.76. The highest BCUT2D eigenvalue weighted by Gasteiger charge is 2.21. The van der Waals surface area contributed by atoms with Gasteiger partial charge in [0.25, 0.3) is 0 Å². The maximum absolute atomic E-state index is 12.5. The Morgan fingerprint density at radius 1 is 1.14 bits per heavy atom. The third kappa shape index (κ3) is 5.71. The molecule has 1 aromatic heterocycles. The lowest BCUT2D eigenvalue weighted by Gasteiger charge is -2.28. The summed E-state index contributed by atoms with van der Waals surface area (Å²) in [7, 11) is 6.05. The lowest BCUT2D eigenvalue weighted by Crippen LogP contribution is -2.35. The normalized spacial score (nSPS) is 15.6. The number of fused-ring (bicyclic) bond motifs is 1. The Kier molecular flexibility index (Phi) is 7.11. The number of carbonyl (C=O) groups excluding carboxylic acids is 2. The number of nitrogens with zero attached hydrogens (tertiary/aromatic N) is 3. The Morgan fingerprint density at radius 2 is 1.86 bits per heavy atom. The maximum atomic E-state index is 12.5. The van der Waals surface area contributed by atoms with E-state index in [1.165, 1.54) is 4.57 Å². The van der Waals surface area contributed by atoms with E-state index in [2.05, 4.69) is 9.80 Å². The van der Waals surface area contributed by atoms with Gasteiger partial charge < -0.3 is 24.0 Å². The van der Waals surface area contributed by atoms with E-state index in [1.807, 2.05) is 45.4 Å². The number of piperidine rings is 1. The highest BCUT2D eigenvalue weighted by molar-refractivity contribution is 5.92. The summed E-state index contributed by atoms with van der Waals surface area (Å²) >= 11 is 0. The summed E-state index contributed by atoms with van der Waals surface area (Å²) in [6.45, 7) is 2.15. The molecule has 0 atom stereocenters. The summed E-state index contributed by atoms with van der Waals surface area (Å²) in [5.74, 6) is 0. The van der Waals surface area contributed by atoms with E-state index in [0.717, 1.165) is 55.4 Å². The quantitative estimate of drug-likeness (QED) is 0.542. The molecule has 0 amide bonds. The first kappa shape index (κ1) is 21.1. The van der Waals surface area contributed by atoms with Gasteiger partial charge in [0.2, 0.25) is 6.79 Å². The minimum atomic E-state index is -0.809. The molecule has 1 aliphatic heterocycles. The Balaban J connectivity index is 1.54. The smallest absolute Gasteiger partial charge is 0.431 e.